The number of aromatic nitrogens is 1. The average Bonchev–Trinajstić information content (AvgIpc) is 2.96. The average molecular weight is 299 g/mol. The first kappa shape index (κ1) is 13.8. The van der Waals surface area contributed by atoms with Crippen LogP contribution < -0.4 is 4.90 Å². The molecule has 1 aliphatic rings. The van der Waals surface area contributed by atoms with E-state index in [1.165, 1.54) is 11.3 Å². The SMILES string of the molecule is Cc1ccc(C)c(N2CC(O)=C(c3nc(C)cs3)C2=N)c1. The van der Waals surface area contributed by atoms with Crippen molar-refractivity contribution in [3.8, 4) is 0 Å². The standard InChI is InChI=1S/C16H17N3OS/c1-9-4-5-10(2)12(6-9)19-7-13(20)14(15(19)17)16-18-11(3)8-21-16/h4-6,8,17,20H,7H2,1-3H3. The minimum absolute atomic E-state index is 0.218. The summed E-state index contributed by atoms with van der Waals surface area (Å²) in [5, 5.41) is 21.3. The van der Waals surface area contributed by atoms with E-state index in [2.05, 4.69) is 11.1 Å². The summed E-state index contributed by atoms with van der Waals surface area (Å²) >= 11 is 1.46. The molecule has 4 nitrogen and oxygen atoms in total. The molecule has 5 heteroatoms. The maximum Gasteiger partial charge on any atom is 0.139 e. The van der Waals surface area contributed by atoms with Crippen molar-refractivity contribution in [1.29, 1.82) is 5.41 Å². The molecular formula is C16H17N3OS. The lowest BCUT2D eigenvalue weighted by Gasteiger charge is -2.21. The smallest absolute Gasteiger partial charge is 0.139 e. The number of hydrogen-bond donors (Lipinski definition) is 2. The minimum Gasteiger partial charge on any atom is -0.510 e. The molecule has 1 aliphatic heterocycles. The number of aliphatic hydroxyl groups excluding tert-OH is 1. The zero-order valence-corrected chi connectivity index (χ0v) is 13.1. The lowest BCUT2D eigenvalue weighted by atomic mass is 10.1. The maximum absolute atomic E-state index is 10.3. The number of amidine groups is 1. The second-order valence-corrected chi connectivity index (χ2v) is 6.20. The molecule has 0 saturated carbocycles. The fourth-order valence-electron chi connectivity index (χ4n) is 2.49. The number of thiazole rings is 1. The highest BCUT2D eigenvalue weighted by Crippen LogP contribution is 2.34. The minimum atomic E-state index is 0.218. The van der Waals surface area contributed by atoms with Crippen LogP contribution in [-0.2, 0) is 0 Å². The monoisotopic (exact) mass is 299 g/mol. The maximum atomic E-state index is 10.3. The number of nitrogens with zero attached hydrogens (tertiary/aromatic N) is 2. The number of hydrogen-bond acceptors (Lipinski definition) is 4. The highest BCUT2D eigenvalue weighted by atomic mass is 32.1. The lowest BCUT2D eigenvalue weighted by Crippen LogP contribution is -2.26. The van der Waals surface area contributed by atoms with Crippen LogP contribution in [0.2, 0.25) is 0 Å². The highest BCUT2D eigenvalue weighted by Gasteiger charge is 2.31. The third-order valence-electron chi connectivity index (χ3n) is 3.59. The van der Waals surface area contributed by atoms with E-state index in [0.29, 0.717) is 23.0 Å². The van der Waals surface area contributed by atoms with Gasteiger partial charge >= 0.3 is 0 Å². The van der Waals surface area contributed by atoms with Crippen LogP contribution in [0.25, 0.3) is 5.57 Å². The summed E-state index contributed by atoms with van der Waals surface area (Å²) in [4.78, 5) is 6.23. The molecule has 2 N–H and O–H groups in total. The predicted molar refractivity (Wildman–Crippen MR) is 87.4 cm³/mol. The molecular weight excluding hydrogens is 282 g/mol. The van der Waals surface area contributed by atoms with Gasteiger partial charge in [-0.05, 0) is 38.0 Å². The summed E-state index contributed by atoms with van der Waals surface area (Å²) in [6.07, 6.45) is 0. The Morgan fingerprint density at radius 1 is 1.29 bits per heavy atom. The Labute approximate surface area is 127 Å². The Hall–Kier alpha value is -2.14. The summed E-state index contributed by atoms with van der Waals surface area (Å²) in [6.45, 7) is 6.29. The Morgan fingerprint density at radius 2 is 2.05 bits per heavy atom. The predicted octanol–water partition coefficient (Wildman–Crippen LogP) is 3.83. The van der Waals surface area contributed by atoms with Gasteiger partial charge in [0.05, 0.1) is 12.1 Å². The molecule has 108 valence electrons. The van der Waals surface area contributed by atoms with Crippen LogP contribution in [0.3, 0.4) is 0 Å². The number of rotatable bonds is 2. The van der Waals surface area contributed by atoms with Crippen molar-refractivity contribution >= 4 is 28.4 Å². The number of anilines is 1. The highest BCUT2D eigenvalue weighted by molar-refractivity contribution is 7.11. The number of nitrogens with one attached hydrogen (secondary N) is 1. The van der Waals surface area contributed by atoms with Gasteiger partial charge in [0.2, 0.25) is 0 Å². The second-order valence-electron chi connectivity index (χ2n) is 5.34. The van der Waals surface area contributed by atoms with E-state index in [1.54, 1.807) is 0 Å². The molecule has 0 saturated heterocycles. The van der Waals surface area contributed by atoms with E-state index in [9.17, 15) is 5.11 Å². The fourth-order valence-corrected chi connectivity index (χ4v) is 3.35. The molecule has 1 aromatic carbocycles. The summed E-state index contributed by atoms with van der Waals surface area (Å²) in [5.41, 5.74) is 4.66. The fraction of sp³-hybridized carbons (Fsp3) is 0.250. The van der Waals surface area contributed by atoms with Crippen LogP contribution in [-0.4, -0.2) is 22.5 Å². The van der Waals surface area contributed by atoms with Gasteiger partial charge in [-0.25, -0.2) is 4.98 Å². The van der Waals surface area contributed by atoms with Crippen LogP contribution in [0.4, 0.5) is 5.69 Å². The van der Waals surface area contributed by atoms with Gasteiger partial charge in [0.15, 0.2) is 0 Å². The first-order valence-electron chi connectivity index (χ1n) is 6.75. The van der Waals surface area contributed by atoms with E-state index < -0.39 is 0 Å². The van der Waals surface area contributed by atoms with Crippen molar-refractivity contribution in [2.45, 2.75) is 20.8 Å². The first-order valence-corrected chi connectivity index (χ1v) is 7.63. The van der Waals surface area contributed by atoms with Crippen molar-refractivity contribution in [2.24, 2.45) is 0 Å². The molecule has 2 heterocycles. The molecule has 0 amide bonds. The van der Waals surface area contributed by atoms with Gasteiger partial charge < -0.3 is 10.0 Å². The number of aryl methyl sites for hydroxylation is 3. The molecule has 0 spiro atoms. The third kappa shape index (κ3) is 2.34. The largest absolute Gasteiger partial charge is 0.510 e. The summed E-state index contributed by atoms with van der Waals surface area (Å²) < 4.78 is 0. The molecule has 1 aromatic heterocycles. The molecule has 21 heavy (non-hydrogen) atoms. The molecule has 0 atom stereocenters. The molecule has 2 aromatic rings. The van der Waals surface area contributed by atoms with Crippen LogP contribution in [0, 0.1) is 26.2 Å². The molecule has 0 unspecified atom stereocenters. The molecule has 0 aliphatic carbocycles. The summed E-state index contributed by atoms with van der Waals surface area (Å²) in [6, 6.07) is 6.14. The van der Waals surface area contributed by atoms with E-state index >= 15 is 0 Å². The van der Waals surface area contributed by atoms with Crippen molar-refractivity contribution in [3.63, 3.8) is 0 Å². The zero-order valence-electron chi connectivity index (χ0n) is 12.3. The third-order valence-corrected chi connectivity index (χ3v) is 4.57. The van der Waals surface area contributed by atoms with Gasteiger partial charge in [0.1, 0.15) is 16.6 Å². The number of aliphatic hydroxyl groups is 1. The van der Waals surface area contributed by atoms with E-state index in [-0.39, 0.29) is 5.76 Å². The first-order chi connectivity index (χ1) is 9.97. The van der Waals surface area contributed by atoms with Gasteiger partial charge in [-0.2, -0.15) is 0 Å². The van der Waals surface area contributed by atoms with Crippen LogP contribution in [0.1, 0.15) is 21.8 Å². The van der Waals surface area contributed by atoms with Crippen molar-refractivity contribution < 1.29 is 5.11 Å². The van der Waals surface area contributed by atoms with Gasteiger partial charge in [-0.15, -0.1) is 11.3 Å². The Bertz CT molecular complexity index is 761. The second kappa shape index (κ2) is 5.00. The molecule has 0 bridgehead atoms. The van der Waals surface area contributed by atoms with Crippen molar-refractivity contribution in [1.82, 2.24) is 4.98 Å². The number of benzene rings is 1. The molecule has 3 rings (SSSR count). The van der Waals surface area contributed by atoms with Gasteiger partial charge in [-0.1, -0.05) is 12.1 Å². The van der Waals surface area contributed by atoms with Crippen LogP contribution in [0.15, 0.2) is 29.3 Å². The summed E-state index contributed by atoms with van der Waals surface area (Å²) in [5.74, 6) is 0.533. The van der Waals surface area contributed by atoms with Crippen molar-refractivity contribution in [3.05, 3.63) is 51.2 Å². The van der Waals surface area contributed by atoms with E-state index in [4.69, 9.17) is 5.41 Å². The van der Waals surface area contributed by atoms with Crippen LogP contribution >= 0.6 is 11.3 Å². The van der Waals surface area contributed by atoms with Crippen molar-refractivity contribution in [2.75, 3.05) is 11.4 Å². The topological polar surface area (TPSA) is 60.2 Å². The normalized spacial score (nSPS) is 15.2. The Balaban J connectivity index is 2.00. The zero-order chi connectivity index (χ0) is 15.1. The van der Waals surface area contributed by atoms with E-state index in [0.717, 1.165) is 22.5 Å². The molecule has 0 fully saturated rings. The van der Waals surface area contributed by atoms with Gasteiger partial charge in [-0.3, -0.25) is 5.41 Å². The van der Waals surface area contributed by atoms with E-state index in [1.807, 2.05) is 43.2 Å². The summed E-state index contributed by atoms with van der Waals surface area (Å²) in [7, 11) is 0. The Morgan fingerprint density at radius 3 is 2.71 bits per heavy atom. The van der Waals surface area contributed by atoms with Crippen LogP contribution in [0.5, 0.6) is 0 Å². The Kier molecular flexibility index (Phi) is 3.29. The quantitative estimate of drug-likeness (QED) is 0.886. The lowest BCUT2D eigenvalue weighted by molar-refractivity contribution is 0.411. The molecule has 0 radical (unpaired) electrons. The van der Waals surface area contributed by atoms with Gasteiger partial charge in [0, 0.05) is 16.8 Å². The van der Waals surface area contributed by atoms with Gasteiger partial charge in [0.25, 0.3) is 0 Å².